The third-order valence-corrected chi connectivity index (χ3v) is 1.22. The van der Waals surface area contributed by atoms with Crippen molar-refractivity contribution >= 4 is 6.34 Å². The first kappa shape index (κ1) is 9.95. The lowest BCUT2D eigenvalue weighted by Crippen LogP contribution is -2.09. The van der Waals surface area contributed by atoms with Crippen LogP contribution in [-0.4, -0.2) is 12.9 Å². The fraction of sp³-hybridized carbons (Fsp3) is 0.444. The number of nitrogens with zero attached hydrogens (tertiary/aromatic N) is 1. The van der Waals surface area contributed by atoms with Crippen LogP contribution in [0.2, 0.25) is 0 Å². The van der Waals surface area contributed by atoms with Crippen molar-refractivity contribution < 1.29 is 0 Å². The van der Waals surface area contributed by atoms with Crippen LogP contribution in [0.4, 0.5) is 0 Å². The van der Waals surface area contributed by atoms with Gasteiger partial charge in [0.2, 0.25) is 0 Å². The minimum Gasteiger partial charge on any atom is -0.350 e. The van der Waals surface area contributed by atoms with Gasteiger partial charge in [-0.25, -0.2) is 0 Å². The summed E-state index contributed by atoms with van der Waals surface area (Å²) in [4.78, 5) is 4.03. The number of allylic oxidation sites excluding steroid dienone is 3. The van der Waals surface area contributed by atoms with Crippen molar-refractivity contribution in [2.75, 3.05) is 6.54 Å². The van der Waals surface area contributed by atoms with Gasteiger partial charge in [0, 0.05) is 12.2 Å². The van der Waals surface area contributed by atoms with Gasteiger partial charge in [-0.05, 0) is 19.4 Å². The molecule has 0 atom stereocenters. The van der Waals surface area contributed by atoms with Crippen LogP contribution in [0, 0.1) is 0 Å². The predicted molar refractivity (Wildman–Crippen MR) is 50.7 cm³/mol. The Labute approximate surface area is 68.7 Å². The number of aliphatic imine (C=N–C) groups is 1. The molecule has 0 amide bonds. The smallest absolute Gasteiger partial charge is 0.0865 e. The van der Waals surface area contributed by atoms with E-state index in [1.165, 1.54) is 0 Å². The SMILES string of the molecule is C=C/C=C(\CC)NC=NCC. The first-order chi connectivity index (χ1) is 5.35. The van der Waals surface area contributed by atoms with E-state index < -0.39 is 0 Å². The van der Waals surface area contributed by atoms with Crippen LogP contribution in [-0.2, 0) is 0 Å². The van der Waals surface area contributed by atoms with Crippen molar-refractivity contribution in [2.45, 2.75) is 20.3 Å². The Kier molecular flexibility index (Phi) is 6.39. The average Bonchev–Trinajstić information content (AvgIpc) is 2.03. The van der Waals surface area contributed by atoms with Crippen LogP contribution >= 0.6 is 0 Å². The van der Waals surface area contributed by atoms with Crippen LogP contribution < -0.4 is 5.32 Å². The van der Waals surface area contributed by atoms with Crippen molar-refractivity contribution in [2.24, 2.45) is 4.99 Å². The van der Waals surface area contributed by atoms with Gasteiger partial charge in [-0.3, -0.25) is 4.99 Å². The fourth-order valence-electron chi connectivity index (χ4n) is 0.630. The lowest BCUT2D eigenvalue weighted by Gasteiger charge is -2.00. The van der Waals surface area contributed by atoms with Crippen LogP contribution in [0.5, 0.6) is 0 Å². The number of rotatable bonds is 5. The molecule has 0 rings (SSSR count). The van der Waals surface area contributed by atoms with E-state index >= 15 is 0 Å². The highest BCUT2D eigenvalue weighted by Crippen LogP contribution is 1.93. The second kappa shape index (κ2) is 7.06. The largest absolute Gasteiger partial charge is 0.350 e. The Bertz CT molecular complexity index is 157. The van der Waals surface area contributed by atoms with Crippen LogP contribution in [0.1, 0.15) is 20.3 Å². The fourth-order valence-corrected chi connectivity index (χ4v) is 0.630. The lowest BCUT2D eigenvalue weighted by atomic mass is 10.3. The molecule has 0 unspecified atom stereocenters. The third kappa shape index (κ3) is 5.40. The Balaban J connectivity index is 3.78. The van der Waals surface area contributed by atoms with Crippen LogP contribution in [0.3, 0.4) is 0 Å². The Morgan fingerprint density at radius 2 is 2.27 bits per heavy atom. The van der Waals surface area contributed by atoms with E-state index in [0.717, 1.165) is 18.7 Å². The summed E-state index contributed by atoms with van der Waals surface area (Å²) < 4.78 is 0. The molecule has 2 heteroatoms. The molecule has 0 radical (unpaired) electrons. The molecule has 0 aromatic carbocycles. The van der Waals surface area contributed by atoms with Gasteiger partial charge in [0.15, 0.2) is 0 Å². The van der Waals surface area contributed by atoms with Gasteiger partial charge in [0.05, 0.1) is 6.34 Å². The van der Waals surface area contributed by atoms with E-state index in [-0.39, 0.29) is 0 Å². The molecule has 0 aliphatic carbocycles. The van der Waals surface area contributed by atoms with E-state index in [9.17, 15) is 0 Å². The Morgan fingerprint density at radius 1 is 1.55 bits per heavy atom. The normalized spacial score (nSPS) is 12.0. The first-order valence-electron chi connectivity index (χ1n) is 3.91. The van der Waals surface area contributed by atoms with E-state index in [1.54, 1.807) is 12.4 Å². The molecule has 0 aliphatic rings. The summed E-state index contributed by atoms with van der Waals surface area (Å²) >= 11 is 0. The highest BCUT2D eigenvalue weighted by molar-refractivity contribution is 5.57. The molecular formula is C9H16N2. The summed E-state index contributed by atoms with van der Waals surface area (Å²) in [7, 11) is 0. The molecule has 62 valence electrons. The average molecular weight is 152 g/mol. The second-order valence-electron chi connectivity index (χ2n) is 2.05. The Hall–Kier alpha value is -1.05. The minimum atomic E-state index is 0.818. The van der Waals surface area contributed by atoms with E-state index in [0.29, 0.717) is 0 Å². The maximum Gasteiger partial charge on any atom is 0.0865 e. The minimum absolute atomic E-state index is 0.818. The molecule has 0 saturated heterocycles. The third-order valence-electron chi connectivity index (χ3n) is 1.22. The number of hydrogen-bond donors (Lipinski definition) is 1. The second-order valence-corrected chi connectivity index (χ2v) is 2.05. The van der Waals surface area contributed by atoms with Gasteiger partial charge >= 0.3 is 0 Å². The highest BCUT2D eigenvalue weighted by Gasteiger charge is 1.85. The molecule has 1 N–H and O–H groups in total. The zero-order chi connectivity index (χ0) is 8.53. The maximum atomic E-state index is 4.03. The summed E-state index contributed by atoms with van der Waals surface area (Å²) in [6.07, 6.45) is 6.41. The molecule has 11 heavy (non-hydrogen) atoms. The topological polar surface area (TPSA) is 24.4 Å². The summed E-state index contributed by atoms with van der Waals surface area (Å²) in [6, 6.07) is 0. The molecule has 0 spiro atoms. The van der Waals surface area contributed by atoms with E-state index in [1.807, 2.05) is 13.0 Å². The molecule has 0 aromatic heterocycles. The molecule has 0 aromatic rings. The van der Waals surface area contributed by atoms with E-state index in [2.05, 4.69) is 23.8 Å². The van der Waals surface area contributed by atoms with Gasteiger partial charge in [0.25, 0.3) is 0 Å². The van der Waals surface area contributed by atoms with Gasteiger partial charge < -0.3 is 5.32 Å². The monoisotopic (exact) mass is 152 g/mol. The summed E-state index contributed by atoms with van der Waals surface area (Å²) in [5.74, 6) is 0. The molecule has 0 aliphatic heterocycles. The van der Waals surface area contributed by atoms with E-state index in [4.69, 9.17) is 0 Å². The number of nitrogens with one attached hydrogen (secondary N) is 1. The predicted octanol–water partition coefficient (Wildman–Crippen LogP) is 2.10. The Morgan fingerprint density at radius 3 is 2.73 bits per heavy atom. The number of hydrogen-bond acceptors (Lipinski definition) is 1. The molecule has 0 heterocycles. The standard InChI is InChI=1S/C9H16N2/c1-4-7-9(5-2)11-8-10-6-3/h4,7-8H,1,5-6H2,2-3H3,(H,10,11)/b9-7+. The maximum absolute atomic E-state index is 4.03. The van der Waals surface area contributed by atoms with Crippen LogP contribution in [0.25, 0.3) is 0 Å². The van der Waals surface area contributed by atoms with Crippen LogP contribution in [0.15, 0.2) is 29.4 Å². The summed E-state index contributed by atoms with van der Waals surface area (Å²) in [6.45, 7) is 8.52. The van der Waals surface area contributed by atoms with Crippen molar-refractivity contribution in [3.63, 3.8) is 0 Å². The molecule has 0 bridgehead atoms. The van der Waals surface area contributed by atoms with Crippen molar-refractivity contribution in [1.82, 2.24) is 5.32 Å². The summed E-state index contributed by atoms with van der Waals surface area (Å²) in [5, 5.41) is 3.07. The van der Waals surface area contributed by atoms with Crippen molar-refractivity contribution in [3.8, 4) is 0 Å². The zero-order valence-corrected chi connectivity index (χ0v) is 7.30. The molecule has 0 saturated carbocycles. The van der Waals surface area contributed by atoms with Gasteiger partial charge in [-0.1, -0.05) is 19.6 Å². The van der Waals surface area contributed by atoms with Gasteiger partial charge in [0.1, 0.15) is 0 Å². The zero-order valence-electron chi connectivity index (χ0n) is 7.30. The first-order valence-corrected chi connectivity index (χ1v) is 3.91. The van der Waals surface area contributed by atoms with Crippen molar-refractivity contribution in [3.05, 3.63) is 24.4 Å². The highest BCUT2D eigenvalue weighted by atomic mass is 14.9. The molecule has 0 fully saturated rings. The molecule has 2 nitrogen and oxygen atoms in total. The van der Waals surface area contributed by atoms with Crippen molar-refractivity contribution in [1.29, 1.82) is 0 Å². The summed E-state index contributed by atoms with van der Waals surface area (Å²) in [5.41, 5.74) is 1.14. The van der Waals surface area contributed by atoms with Gasteiger partial charge in [-0.15, -0.1) is 0 Å². The molecular weight excluding hydrogens is 136 g/mol. The quantitative estimate of drug-likeness (QED) is 0.364. The lowest BCUT2D eigenvalue weighted by molar-refractivity contribution is 0.980. The van der Waals surface area contributed by atoms with Gasteiger partial charge in [-0.2, -0.15) is 0 Å².